The van der Waals surface area contributed by atoms with Gasteiger partial charge in [0.15, 0.2) is 0 Å². The van der Waals surface area contributed by atoms with Crippen LogP contribution in [0.5, 0.6) is 0 Å². The van der Waals surface area contributed by atoms with Crippen LogP contribution in [0.4, 0.5) is 0 Å². The predicted molar refractivity (Wildman–Crippen MR) is 111 cm³/mol. The average molecular weight is 553 g/mol. The summed E-state index contributed by atoms with van der Waals surface area (Å²) in [5.41, 5.74) is 0. The van der Waals surface area contributed by atoms with Crippen molar-refractivity contribution in [2.75, 3.05) is 0 Å². The number of fused-ring (bicyclic) bond motifs is 2. The summed E-state index contributed by atoms with van der Waals surface area (Å²) in [7, 11) is -0.540. The fraction of sp³-hybridized carbons (Fsp3) is 0. The van der Waals surface area contributed by atoms with Crippen LogP contribution in [0.1, 0.15) is 0 Å². The Morgan fingerprint density at radius 3 is 1.43 bits per heavy atom. The topological polar surface area (TPSA) is 0 Å². The average Bonchev–Trinajstić information content (AvgIpc) is 3.26. The molecule has 0 aromatic heterocycles. The molecule has 0 aliphatic heterocycles. The van der Waals surface area contributed by atoms with Gasteiger partial charge in [-0.1, -0.05) is 50.4 Å². The van der Waals surface area contributed by atoms with Crippen molar-refractivity contribution < 1.29 is 35.3 Å². The SMILES string of the molecule is [F-].[F-].[Hf+4].c1ccc(P(c2cc3ccccc3[cH-]2)c2cc3ccccc3[cH-]2)cc1. The molecule has 0 heterocycles. The van der Waals surface area contributed by atoms with Gasteiger partial charge in [0.2, 0.25) is 0 Å². The third-order valence-electron chi connectivity index (χ3n) is 4.74. The molecule has 0 aliphatic carbocycles. The number of rotatable bonds is 3. The normalized spacial score (nSPS) is 10.3. The molecule has 0 spiro atoms. The minimum absolute atomic E-state index is 0. The Labute approximate surface area is 183 Å². The Balaban J connectivity index is 0.000000934. The molecule has 0 N–H and O–H groups in total. The van der Waals surface area contributed by atoms with Gasteiger partial charge in [-0.05, 0) is 5.30 Å². The Morgan fingerprint density at radius 1 is 0.536 bits per heavy atom. The molecule has 5 rings (SSSR count). The molecule has 136 valence electrons. The van der Waals surface area contributed by atoms with E-state index in [9.17, 15) is 0 Å². The minimum atomic E-state index is -0.540. The molecule has 5 aromatic carbocycles. The zero-order valence-corrected chi connectivity index (χ0v) is 19.5. The van der Waals surface area contributed by atoms with Gasteiger partial charge in [0.05, 0.1) is 0 Å². The first-order chi connectivity index (χ1) is 12.4. The first kappa shape index (κ1) is 22.3. The summed E-state index contributed by atoms with van der Waals surface area (Å²) in [6.07, 6.45) is 0. The largest absolute Gasteiger partial charge is 4.00 e. The predicted octanol–water partition coefficient (Wildman–Crippen LogP) is -0.805. The van der Waals surface area contributed by atoms with Crippen LogP contribution in [0, 0.1) is 0 Å². The summed E-state index contributed by atoms with van der Waals surface area (Å²) in [6.45, 7) is 0. The summed E-state index contributed by atoms with van der Waals surface area (Å²) < 4.78 is 0. The van der Waals surface area contributed by atoms with Gasteiger partial charge in [-0.25, -0.2) is 0 Å². The molecule has 0 radical (unpaired) electrons. The van der Waals surface area contributed by atoms with Crippen LogP contribution in [-0.4, -0.2) is 0 Å². The summed E-state index contributed by atoms with van der Waals surface area (Å²) in [6, 6.07) is 37.7. The van der Waals surface area contributed by atoms with Gasteiger partial charge >= 0.3 is 25.8 Å². The molecule has 28 heavy (non-hydrogen) atoms. The fourth-order valence-electron chi connectivity index (χ4n) is 3.55. The standard InChI is InChI=1S/C24H17P.2FH.Hf/c1-2-12-22(13-3-1)25(23-14-18-8-4-5-9-19(18)15-23)24-16-20-10-6-7-11-21(20)17-24;;;/h1-17H;2*1H;/q-2;;;+4/p-2. The Hall–Kier alpha value is -1.96. The second-order valence-electron chi connectivity index (χ2n) is 6.36. The molecule has 0 nitrogen and oxygen atoms in total. The fourth-order valence-corrected chi connectivity index (χ4v) is 5.99. The van der Waals surface area contributed by atoms with Gasteiger partial charge < -0.3 is 9.41 Å². The van der Waals surface area contributed by atoms with Crippen LogP contribution in [0.2, 0.25) is 0 Å². The minimum Gasteiger partial charge on any atom is -1.00 e. The number of halogens is 2. The molecule has 0 atom stereocenters. The van der Waals surface area contributed by atoms with Gasteiger partial charge in [-0.3, -0.25) is 0 Å². The van der Waals surface area contributed by atoms with E-state index in [0.29, 0.717) is 0 Å². The molecular formula is C24H17F2HfP. The maximum Gasteiger partial charge on any atom is 4.00 e. The Bertz CT molecular complexity index is 1020. The molecule has 0 unspecified atom stereocenters. The van der Waals surface area contributed by atoms with Crippen LogP contribution < -0.4 is 25.3 Å². The van der Waals surface area contributed by atoms with Crippen molar-refractivity contribution in [3.8, 4) is 0 Å². The monoisotopic (exact) mass is 554 g/mol. The van der Waals surface area contributed by atoms with E-state index in [0.717, 1.165) is 0 Å². The summed E-state index contributed by atoms with van der Waals surface area (Å²) in [4.78, 5) is 0. The summed E-state index contributed by atoms with van der Waals surface area (Å²) in [5.74, 6) is 0. The van der Waals surface area contributed by atoms with Crippen LogP contribution in [-0.2, 0) is 25.8 Å². The molecule has 0 amide bonds. The zero-order chi connectivity index (χ0) is 16.6. The summed E-state index contributed by atoms with van der Waals surface area (Å²) >= 11 is 0. The van der Waals surface area contributed by atoms with Gasteiger partial charge in [-0.15, -0.1) is 80.7 Å². The second-order valence-corrected chi connectivity index (χ2v) is 8.58. The van der Waals surface area contributed by atoms with Crippen molar-refractivity contribution in [3.63, 3.8) is 0 Å². The molecule has 0 bridgehead atoms. The van der Waals surface area contributed by atoms with Crippen LogP contribution in [0.25, 0.3) is 21.5 Å². The van der Waals surface area contributed by atoms with Crippen molar-refractivity contribution in [1.82, 2.24) is 0 Å². The number of hydrogen-bond donors (Lipinski definition) is 0. The second kappa shape index (κ2) is 9.49. The maximum atomic E-state index is 2.37. The maximum absolute atomic E-state index is 2.37. The first-order valence-electron chi connectivity index (χ1n) is 8.55. The van der Waals surface area contributed by atoms with Gasteiger partial charge in [-0.2, -0.15) is 12.1 Å². The molecular weight excluding hydrogens is 536 g/mol. The van der Waals surface area contributed by atoms with Gasteiger partial charge in [0.1, 0.15) is 0 Å². The first-order valence-corrected chi connectivity index (χ1v) is 9.89. The van der Waals surface area contributed by atoms with E-state index in [-0.39, 0.29) is 35.3 Å². The van der Waals surface area contributed by atoms with Crippen molar-refractivity contribution in [3.05, 3.63) is 103 Å². The third-order valence-corrected chi connectivity index (χ3v) is 7.10. The summed E-state index contributed by atoms with van der Waals surface area (Å²) in [5, 5.41) is 9.58. The van der Waals surface area contributed by atoms with Crippen LogP contribution >= 0.6 is 7.92 Å². The van der Waals surface area contributed by atoms with E-state index in [2.05, 4.69) is 103 Å². The molecule has 4 heteroatoms. The Kier molecular flexibility index (Phi) is 7.57. The van der Waals surface area contributed by atoms with E-state index in [1.165, 1.54) is 37.5 Å². The van der Waals surface area contributed by atoms with Crippen molar-refractivity contribution >= 4 is 45.4 Å². The smallest absolute Gasteiger partial charge is 1.00 e. The molecule has 5 aromatic rings. The quantitative estimate of drug-likeness (QED) is 0.156. The van der Waals surface area contributed by atoms with Crippen molar-refractivity contribution in [2.24, 2.45) is 0 Å². The molecule has 0 saturated heterocycles. The number of benzene rings is 3. The van der Waals surface area contributed by atoms with Crippen LogP contribution in [0.15, 0.2) is 103 Å². The van der Waals surface area contributed by atoms with E-state index in [1.807, 2.05) is 0 Å². The van der Waals surface area contributed by atoms with E-state index in [4.69, 9.17) is 0 Å². The molecule has 0 saturated carbocycles. The third kappa shape index (κ3) is 4.06. The zero-order valence-electron chi connectivity index (χ0n) is 15.0. The Morgan fingerprint density at radius 2 is 0.964 bits per heavy atom. The van der Waals surface area contributed by atoms with Gasteiger partial charge in [0, 0.05) is 0 Å². The number of hydrogen-bond acceptors (Lipinski definition) is 0. The van der Waals surface area contributed by atoms with E-state index < -0.39 is 7.92 Å². The van der Waals surface area contributed by atoms with E-state index in [1.54, 1.807) is 0 Å². The van der Waals surface area contributed by atoms with Crippen molar-refractivity contribution in [2.45, 2.75) is 0 Å². The molecule has 0 aliphatic rings. The van der Waals surface area contributed by atoms with Crippen molar-refractivity contribution in [1.29, 1.82) is 0 Å². The molecule has 0 fully saturated rings. The van der Waals surface area contributed by atoms with E-state index >= 15 is 0 Å². The van der Waals surface area contributed by atoms with Crippen LogP contribution in [0.3, 0.4) is 0 Å². The van der Waals surface area contributed by atoms with Gasteiger partial charge in [0.25, 0.3) is 0 Å².